The molecular weight excluding hydrogens is 276 g/mol. The van der Waals surface area contributed by atoms with Crippen LogP contribution < -0.4 is 5.32 Å². The van der Waals surface area contributed by atoms with E-state index in [4.69, 9.17) is 16.3 Å². The van der Waals surface area contributed by atoms with E-state index in [-0.39, 0.29) is 0 Å². The molecule has 2 aromatic heterocycles. The first-order valence-electron chi connectivity index (χ1n) is 6.45. The molecule has 0 amide bonds. The van der Waals surface area contributed by atoms with Crippen molar-refractivity contribution in [3.05, 3.63) is 35.1 Å². The predicted molar refractivity (Wildman–Crippen MR) is 79.8 cm³/mol. The second-order valence-corrected chi connectivity index (χ2v) is 4.73. The van der Waals surface area contributed by atoms with Gasteiger partial charge in [0.25, 0.3) is 0 Å². The maximum atomic E-state index is 5.84. The summed E-state index contributed by atoms with van der Waals surface area (Å²) in [6, 6.07) is 5.46. The van der Waals surface area contributed by atoms with Crippen molar-refractivity contribution in [1.82, 2.24) is 15.0 Å². The fourth-order valence-corrected chi connectivity index (χ4v) is 1.80. The minimum atomic E-state index is 0.434. The van der Waals surface area contributed by atoms with Crippen molar-refractivity contribution in [3.8, 4) is 11.5 Å². The SMILES string of the molecule is CCCNc1cc(COC)nc(-c2ccc(Cl)cn2)n1. The number of aromatic nitrogens is 3. The molecule has 0 aliphatic heterocycles. The van der Waals surface area contributed by atoms with Gasteiger partial charge in [-0.2, -0.15) is 0 Å². The smallest absolute Gasteiger partial charge is 0.180 e. The number of pyridine rings is 1. The number of ether oxygens (including phenoxy) is 1. The highest BCUT2D eigenvalue weighted by atomic mass is 35.5. The number of hydrogen-bond donors (Lipinski definition) is 1. The number of anilines is 1. The van der Waals surface area contributed by atoms with Crippen LogP contribution in [0.15, 0.2) is 24.4 Å². The zero-order valence-corrected chi connectivity index (χ0v) is 12.3. The topological polar surface area (TPSA) is 59.9 Å². The van der Waals surface area contributed by atoms with Gasteiger partial charge < -0.3 is 10.1 Å². The van der Waals surface area contributed by atoms with E-state index in [1.54, 1.807) is 25.4 Å². The molecule has 5 nitrogen and oxygen atoms in total. The molecule has 1 N–H and O–H groups in total. The van der Waals surface area contributed by atoms with Crippen molar-refractivity contribution >= 4 is 17.4 Å². The van der Waals surface area contributed by atoms with Gasteiger partial charge in [-0.25, -0.2) is 9.97 Å². The molecule has 0 saturated heterocycles. The fourth-order valence-electron chi connectivity index (χ4n) is 1.69. The van der Waals surface area contributed by atoms with Crippen LogP contribution >= 0.6 is 11.6 Å². The average Bonchev–Trinajstić information content (AvgIpc) is 2.46. The fraction of sp³-hybridized carbons (Fsp3) is 0.357. The Kier molecular flexibility index (Phi) is 5.26. The van der Waals surface area contributed by atoms with Crippen LogP contribution in [0.2, 0.25) is 5.02 Å². The molecule has 0 fully saturated rings. The second-order valence-electron chi connectivity index (χ2n) is 4.29. The summed E-state index contributed by atoms with van der Waals surface area (Å²) in [7, 11) is 1.64. The first-order chi connectivity index (χ1) is 9.72. The lowest BCUT2D eigenvalue weighted by molar-refractivity contribution is 0.181. The molecule has 0 aliphatic rings. The van der Waals surface area contributed by atoms with Crippen LogP contribution in [-0.2, 0) is 11.3 Å². The first-order valence-corrected chi connectivity index (χ1v) is 6.83. The monoisotopic (exact) mass is 292 g/mol. The molecule has 20 heavy (non-hydrogen) atoms. The van der Waals surface area contributed by atoms with E-state index >= 15 is 0 Å². The molecule has 0 aliphatic carbocycles. The van der Waals surface area contributed by atoms with Crippen molar-refractivity contribution in [3.63, 3.8) is 0 Å². The highest BCUT2D eigenvalue weighted by molar-refractivity contribution is 6.30. The van der Waals surface area contributed by atoms with E-state index in [0.29, 0.717) is 23.1 Å². The molecule has 0 saturated carbocycles. The summed E-state index contributed by atoms with van der Waals surface area (Å²) in [6.45, 7) is 3.40. The van der Waals surface area contributed by atoms with Gasteiger partial charge in [0.15, 0.2) is 5.82 Å². The Morgan fingerprint density at radius 1 is 1.30 bits per heavy atom. The first kappa shape index (κ1) is 14.7. The van der Waals surface area contributed by atoms with Crippen molar-refractivity contribution in [2.45, 2.75) is 20.0 Å². The van der Waals surface area contributed by atoms with Gasteiger partial charge in [0.1, 0.15) is 11.5 Å². The van der Waals surface area contributed by atoms with E-state index < -0.39 is 0 Å². The summed E-state index contributed by atoms with van der Waals surface area (Å²) < 4.78 is 5.14. The van der Waals surface area contributed by atoms with Gasteiger partial charge in [-0.15, -0.1) is 0 Å². The average molecular weight is 293 g/mol. The number of halogens is 1. The summed E-state index contributed by atoms with van der Waals surface area (Å²) in [4.78, 5) is 13.2. The van der Waals surface area contributed by atoms with Gasteiger partial charge in [0, 0.05) is 25.9 Å². The zero-order chi connectivity index (χ0) is 14.4. The molecule has 0 radical (unpaired) electrons. The maximum Gasteiger partial charge on any atom is 0.180 e. The van der Waals surface area contributed by atoms with E-state index in [1.165, 1.54) is 0 Å². The van der Waals surface area contributed by atoms with Gasteiger partial charge in [-0.05, 0) is 18.6 Å². The van der Waals surface area contributed by atoms with Gasteiger partial charge in [0.05, 0.1) is 17.3 Å². The number of methoxy groups -OCH3 is 1. The Morgan fingerprint density at radius 2 is 2.15 bits per heavy atom. The Hall–Kier alpha value is -1.72. The minimum absolute atomic E-state index is 0.434. The zero-order valence-electron chi connectivity index (χ0n) is 11.6. The molecule has 2 rings (SSSR count). The minimum Gasteiger partial charge on any atom is -0.378 e. The molecule has 0 unspecified atom stereocenters. The van der Waals surface area contributed by atoms with Crippen LogP contribution in [0.5, 0.6) is 0 Å². The third-order valence-corrected chi connectivity index (χ3v) is 2.81. The number of hydrogen-bond acceptors (Lipinski definition) is 5. The Morgan fingerprint density at radius 3 is 2.80 bits per heavy atom. The van der Waals surface area contributed by atoms with Gasteiger partial charge in [0.2, 0.25) is 0 Å². The predicted octanol–water partition coefficient (Wildman–Crippen LogP) is 3.16. The Labute approximate surface area is 123 Å². The molecule has 2 heterocycles. The third kappa shape index (κ3) is 3.88. The Bertz CT molecular complexity index is 560. The normalized spacial score (nSPS) is 10.6. The summed E-state index contributed by atoms with van der Waals surface area (Å²) in [6.07, 6.45) is 2.61. The number of nitrogens with zero attached hydrogens (tertiary/aromatic N) is 3. The van der Waals surface area contributed by atoms with Crippen LogP contribution in [0.3, 0.4) is 0 Å². The second kappa shape index (κ2) is 7.17. The molecule has 0 atom stereocenters. The maximum absolute atomic E-state index is 5.84. The Balaban J connectivity index is 2.34. The standard InChI is InChI=1S/C14H17ClN4O/c1-3-6-16-13-7-11(9-20-2)18-14(19-13)12-5-4-10(15)8-17-12/h4-5,7-8H,3,6,9H2,1-2H3,(H,16,18,19). The molecule has 106 valence electrons. The van der Waals surface area contributed by atoms with Crippen molar-refractivity contribution in [2.24, 2.45) is 0 Å². The number of rotatable bonds is 6. The van der Waals surface area contributed by atoms with Crippen LogP contribution in [0.4, 0.5) is 5.82 Å². The van der Waals surface area contributed by atoms with Gasteiger partial charge in [-0.3, -0.25) is 4.98 Å². The quantitative estimate of drug-likeness (QED) is 0.886. The van der Waals surface area contributed by atoms with E-state index in [2.05, 4.69) is 27.2 Å². The number of nitrogens with one attached hydrogen (secondary N) is 1. The lowest BCUT2D eigenvalue weighted by Gasteiger charge is -2.09. The lowest BCUT2D eigenvalue weighted by Crippen LogP contribution is -2.06. The van der Waals surface area contributed by atoms with Crippen LogP contribution in [0.1, 0.15) is 19.0 Å². The third-order valence-electron chi connectivity index (χ3n) is 2.58. The van der Waals surface area contributed by atoms with E-state index in [0.717, 1.165) is 24.5 Å². The highest BCUT2D eigenvalue weighted by Gasteiger charge is 2.08. The van der Waals surface area contributed by atoms with Crippen LogP contribution in [0, 0.1) is 0 Å². The molecule has 0 bridgehead atoms. The largest absolute Gasteiger partial charge is 0.378 e. The van der Waals surface area contributed by atoms with E-state index in [1.807, 2.05) is 6.07 Å². The van der Waals surface area contributed by atoms with Crippen molar-refractivity contribution in [1.29, 1.82) is 0 Å². The molecule has 0 aromatic carbocycles. The lowest BCUT2D eigenvalue weighted by atomic mass is 10.3. The molecule has 0 spiro atoms. The molecular formula is C14H17ClN4O. The highest BCUT2D eigenvalue weighted by Crippen LogP contribution is 2.18. The van der Waals surface area contributed by atoms with Crippen molar-refractivity contribution < 1.29 is 4.74 Å². The van der Waals surface area contributed by atoms with Crippen LogP contribution in [-0.4, -0.2) is 28.6 Å². The molecule has 2 aromatic rings. The van der Waals surface area contributed by atoms with Gasteiger partial charge in [-0.1, -0.05) is 18.5 Å². The van der Waals surface area contributed by atoms with Crippen molar-refractivity contribution in [2.75, 3.05) is 19.0 Å². The summed E-state index contributed by atoms with van der Waals surface area (Å²) >= 11 is 5.84. The van der Waals surface area contributed by atoms with Gasteiger partial charge >= 0.3 is 0 Å². The molecule has 6 heteroatoms. The summed E-state index contributed by atoms with van der Waals surface area (Å²) in [5, 5.41) is 3.84. The van der Waals surface area contributed by atoms with E-state index in [9.17, 15) is 0 Å². The van der Waals surface area contributed by atoms with Crippen LogP contribution in [0.25, 0.3) is 11.5 Å². The summed E-state index contributed by atoms with van der Waals surface area (Å²) in [5.74, 6) is 1.34. The summed E-state index contributed by atoms with van der Waals surface area (Å²) in [5.41, 5.74) is 1.50.